The second-order valence-electron chi connectivity index (χ2n) is 4.85. The van der Waals surface area contributed by atoms with E-state index in [0.29, 0.717) is 0 Å². The van der Waals surface area contributed by atoms with Crippen molar-refractivity contribution in [3.05, 3.63) is 30.1 Å². The smallest absolute Gasteiger partial charge is 0.0971 e. The maximum Gasteiger partial charge on any atom is 0.0971 e. The Hall–Kier alpha value is -1.01. The summed E-state index contributed by atoms with van der Waals surface area (Å²) in [6, 6.07) is 4.04. The third-order valence-electron chi connectivity index (χ3n) is 3.55. The molecule has 1 fully saturated rings. The second kappa shape index (κ2) is 7.55. The number of likely N-dealkylation sites (tertiary alicyclic amines) is 1. The molecule has 19 heavy (non-hydrogen) atoms. The molecule has 2 atom stereocenters. The standard InChI is InChI=1S/C14H23N3O2/c1-18-13-10-17(11-14(13)19-2)7-6-16-9-12-4-3-5-15-8-12/h3-5,8,13-14,16H,6-7,9-11H2,1-2H3. The van der Waals surface area contributed by atoms with E-state index in [0.717, 1.165) is 32.7 Å². The first kappa shape index (κ1) is 14.4. The van der Waals surface area contributed by atoms with Crippen molar-refractivity contribution in [2.24, 2.45) is 0 Å². The molecular weight excluding hydrogens is 242 g/mol. The number of nitrogens with zero attached hydrogens (tertiary/aromatic N) is 2. The normalized spacial score (nSPS) is 23.9. The summed E-state index contributed by atoms with van der Waals surface area (Å²) in [4.78, 5) is 6.47. The molecule has 0 aromatic carbocycles. The van der Waals surface area contributed by atoms with Crippen LogP contribution in [0.5, 0.6) is 0 Å². The average molecular weight is 265 g/mol. The lowest BCUT2D eigenvalue weighted by molar-refractivity contribution is -0.00461. The molecule has 1 aromatic heterocycles. The lowest BCUT2D eigenvalue weighted by atomic mass is 10.3. The van der Waals surface area contributed by atoms with Crippen molar-refractivity contribution >= 4 is 0 Å². The van der Waals surface area contributed by atoms with Crippen LogP contribution in [0.4, 0.5) is 0 Å². The van der Waals surface area contributed by atoms with Crippen LogP contribution in [-0.4, -0.2) is 62.5 Å². The van der Waals surface area contributed by atoms with Crippen LogP contribution in [0, 0.1) is 0 Å². The molecule has 0 aliphatic carbocycles. The quantitative estimate of drug-likeness (QED) is 0.728. The number of ether oxygens (including phenoxy) is 2. The lowest BCUT2D eigenvalue weighted by Crippen LogP contribution is -2.31. The van der Waals surface area contributed by atoms with Gasteiger partial charge in [-0.05, 0) is 11.6 Å². The molecule has 0 amide bonds. The van der Waals surface area contributed by atoms with Crippen molar-refractivity contribution in [1.29, 1.82) is 0 Å². The first-order valence-electron chi connectivity index (χ1n) is 6.71. The van der Waals surface area contributed by atoms with E-state index >= 15 is 0 Å². The maximum atomic E-state index is 5.43. The number of rotatable bonds is 7. The molecule has 1 N–H and O–H groups in total. The van der Waals surface area contributed by atoms with Gasteiger partial charge < -0.3 is 14.8 Å². The zero-order valence-electron chi connectivity index (χ0n) is 11.7. The number of hydrogen-bond donors (Lipinski definition) is 1. The van der Waals surface area contributed by atoms with Gasteiger partial charge >= 0.3 is 0 Å². The van der Waals surface area contributed by atoms with Gasteiger partial charge in [0.2, 0.25) is 0 Å². The molecule has 1 aromatic rings. The van der Waals surface area contributed by atoms with E-state index in [1.54, 1.807) is 20.4 Å². The van der Waals surface area contributed by atoms with Gasteiger partial charge in [0.25, 0.3) is 0 Å². The molecule has 0 bridgehead atoms. The van der Waals surface area contributed by atoms with Gasteiger partial charge in [-0.2, -0.15) is 0 Å². The predicted octanol–water partition coefficient (Wildman–Crippen LogP) is 0.517. The van der Waals surface area contributed by atoms with Crippen LogP contribution in [0.3, 0.4) is 0 Å². The molecule has 5 heteroatoms. The fraction of sp³-hybridized carbons (Fsp3) is 0.643. The minimum atomic E-state index is 0.198. The molecule has 106 valence electrons. The molecule has 1 saturated heterocycles. The molecule has 0 spiro atoms. The van der Waals surface area contributed by atoms with E-state index in [-0.39, 0.29) is 12.2 Å². The number of hydrogen-bond acceptors (Lipinski definition) is 5. The molecule has 1 aliphatic heterocycles. The Labute approximate surface area is 114 Å². The summed E-state index contributed by atoms with van der Waals surface area (Å²) in [5, 5.41) is 3.43. The van der Waals surface area contributed by atoms with Crippen LogP contribution in [0.25, 0.3) is 0 Å². The topological polar surface area (TPSA) is 46.6 Å². The van der Waals surface area contributed by atoms with Crippen molar-refractivity contribution in [3.63, 3.8) is 0 Å². The predicted molar refractivity (Wildman–Crippen MR) is 74.0 cm³/mol. The Bertz CT molecular complexity index is 349. The fourth-order valence-electron chi connectivity index (χ4n) is 2.43. The average Bonchev–Trinajstić information content (AvgIpc) is 2.87. The summed E-state index contributed by atoms with van der Waals surface area (Å²) in [6.45, 7) is 4.73. The molecule has 1 aliphatic rings. The highest BCUT2D eigenvalue weighted by Crippen LogP contribution is 2.14. The first-order chi connectivity index (χ1) is 9.33. The van der Waals surface area contributed by atoms with Crippen LogP contribution >= 0.6 is 0 Å². The Balaban J connectivity index is 1.64. The van der Waals surface area contributed by atoms with Gasteiger partial charge in [0.05, 0.1) is 12.2 Å². The van der Waals surface area contributed by atoms with E-state index in [9.17, 15) is 0 Å². The van der Waals surface area contributed by atoms with Crippen LogP contribution < -0.4 is 5.32 Å². The van der Waals surface area contributed by atoms with Crippen LogP contribution in [0.1, 0.15) is 5.56 Å². The highest BCUT2D eigenvalue weighted by molar-refractivity contribution is 5.07. The van der Waals surface area contributed by atoms with Gasteiger partial charge in [0.15, 0.2) is 0 Å². The van der Waals surface area contributed by atoms with Crippen molar-refractivity contribution in [1.82, 2.24) is 15.2 Å². The summed E-state index contributed by atoms with van der Waals surface area (Å²) in [6.07, 6.45) is 4.08. The zero-order chi connectivity index (χ0) is 13.5. The maximum absolute atomic E-state index is 5.43. The Morgan fingerprint density at radius 2 is 2.05 bits per heavy atom. The summed E-state index contributed by atoms with van der Waals surface area (Å²) >= 11 is 0. The fourth-order valence-corrected chi connectivity index (χ4v) is 2.43. The van der Waals surface area contributed by atoms with Gasteiger partial charge in [0.1, 0.15) is 0 Å². The summed E-state index contributed by atoms with van der Waals surface area (Å²) < 4.78 is 10.9. The van der Waals surface area contributed by atoms with Crippen molar-refractivity contribution in [2.45, 2.75) is 18.8 Å². The van der Waals surface area contributed by atoms with Crippen LogP contribution in [0.15, 0.2) is 24.5 Å². The van der Waals surface area contributed by atoms with E-state index in [1.807, 2.05) is 12.3 Å². The first-order valence-corrected chi connectivity index (χ1v) is 6.71. The molecule has 2 unspecified atom stereocenters. The van der Waals surface area contributed by atoms with Crippen molar-refractivity contribution in [3.8, 4) is 0 Å². The van der Waals surface area contributed by atoms with E-state index < -0.39 is 0 Å². The van der Waals surface area contributed by atoms with Gasteiger partial charge in [-0.15, -0.1) is 0 Å². The molecule has 5 nitrogen and oxygen atoms in total. The largest absolute Gasteiger partial charge is 0.377 e. The van der Waals surface area contributed by atoms with Crippen LogP contribution in [-0.2, 0) is 16.0 Å². The monoisotopic (exact) mass is 265 g/mol. The number of aromatic nitrogens is 1. The minimum absolute atomic E-state index is 0.198. The SMILES string of the molecule is COC1CN(CCNCc2cccnc2)CC1OC. The van der Waals surface area contributed by atoms with Crippen molar-refractivity contribution < 1.29 is 9.47 Å². The van der Waals surface area contributed by atoms with E-state index in [4.69, 9.17) is 9.47 Å². The number of methoxy groups -OCH3 is 2. The Morgan fingerprint density at radius 1 is 1.32 bits per heavy atom. The van der Waals surface area contributed by atoms with Crippen LogP contribution in [0.2, 0.25) is 0 Å². The molecule has 2 rings (SSSR count). The summed E-state index contributed by atoms with van der Waals surface area (Å²) in [5.74, 6) is 0. The van der Waals surface area contributed by atoms with E-state index in [1.165, 1.54) is 5.56 Å². The van der Waals surface area contributed by atoms with Gasteiger partial charge in [-0.3, -0.25) is 9.88 Å². The van der Waals surface area contributed by atoms with Crippen molar-refractivity contribution in [2.75, 3.05) is 40.4 Å². The van der Waals surface area contributed by atoms with Gasteiger partial charge in [-0.25, -0.2) is 0 Å². The third kappa shape index (κ3) is 4.24. The highest BCUT2D eigenvalue weighted by atomic mass is 16.5. The highest BCUT2D eigenvalue weighted by Gasteiger charge is 2.32. The Morgan fingerprint density at radius 3 is 2.63 bits per heavy atom. The molecular formula is C14H23N3O2. The third-order valence-corrected chi connectivity index (χ3v) is 3.55. The van der Waals surface area contributed by atoms with E-state index in [2.05, 4.69) is 21.3 Å². The molecule has 0 saturated carbocycles. The second-order valence-corrected chi connectivity index (χ2v) is 4.85. The zero-order valence-corrected chi connectivity index (χ0v) is 11.7. The Kier molecular flexibility index (Phi) is 5.72. The summed E-state index contributed by atoms with van der Waals surface area (Å²) in [7, 11) is 3.50. The summed E-state index contributed by atoms with van der Waals surface area (Å²) in [5.41, 5.74) is 1.22. The van der Waals surface area contributed by atoms with Gasteiger partial charge in [-0.1, -0.05) is 6.07 Å². The molecule has 0 radical (unpaired) electrons. The molecule has 2 heterocycles. The lowest BCUT2D eigenvalue weighted by Gasteiger charge is -2.15. The number of pyridine rings is 1. The van der Waals surface area contributed by atoms with Gasteiger partial charge in [0, 0.05) is 59.3 Å². The minimum Gasteiger partial charge on any atom is -0.377 e. The number of nitrogens with one attached hydrogen (secondary N) is 1.